The zero-order valence-electron chi connectivity index (χ0n) is 38.4. The Hall–Kier alpha value is -8.78. The van der Waals surface area contributed by atoms with Crippen molar-refractivity contribution in [3.63, 3.8) is 0 Å². The van der Waals surface area contributed by atoms with E-state index in [2.05, 4.69) is 242 Å². The lowest BCUT2D eigenvalue weighted by molar-refractivity contribution is 1.12. The van der Waals surface area contributed by atoms with E-state index in [0.29, 0.717) is 5.56 Å². The Balaban J connectivity index is 1.22. The van der Waals surface area contributed by atoms with Crippen molar-refractivity contribution in [3.8, 4) is 73.1 Å². The lowest BCUT2D eigenvalue weighted by atomic mass is 10.00. The van der Waals surface area contributed by atoms with Gasteiger partial charge in [-0.2, -0.15) is 5.26 Å². The van der Waals surface area contributed by atoms with Gasteiger partial charge in [0, 0.05) is 33.9 Å². The summed E-state index contributed by atoms with van der Waals surface area (Å²) in [7, 11) is 0. The third-order valence-corrected chi connectivity index (χ3v) is 13.7. The lowest BCUT2D eigenvalue weighted by Crippen LogP contribution is -2.05. The minimum absolute atomic E-state index is 0.573. The van der Waals surface area contributed by atoms with Crippen LogP contribution in [0, 0.1) is 39.0 Å². The molecule has 12 aromatic rings. The molecule has 0 fully saturated rings. The molecule has 0 radical (unpaired) electrons. The summed E-state index contributed by atoms with van der Waals surface area (Å²) in [6.07, 6.45) is 3.69. The first kappa shape index (κ1) is 40.7. The van der Waals surface area contributed by atoms with Crippen LogP contribution in [0.1, 0.15) is 27.8 Å². The highest BCUT2D eigenvalue weighted by atomic mass is 15.0. The second-order valence-corrected chi connectivity index (χ2v) is 18.3. The maximum atomic E-state index is 11.9. The fourth-order valence-electron chi connectivity index (χ4n) is 10.2. The van der Waals surface area contributed by atoms with E-state index in [4.69, 9.17) is 0 Å². The topological polar surface area (TPSA) is 46.5 Å². The Morgan fingerprint density at radius 3 is 1.03 bits per heavy atom. The van der Waals surface area contributed by atoms with Gasteiger partial charge in [0.1, 0.15) is 11.6 Å². The molecule has 0 N–H and O–H groups in total. The molecule has 0 aliphatic rings. The zero-order chi connectivity index (χ0) is 46.0. The molecule has 68 heavy (non-hydrogen) atoms. The molecule has 0 saturated carbocycles. The number of fused-ring (bicyclic) bond motifs is 6. The molecular formula is C64H46N4. The van der Waals surface area contributed by atoms with Gasteiger partial charge in [0.05, 0.1) is 33.4 Å². The molecule has 0 aliphatic heterocycles. The lowest BCUT2D eigenvalue weighted by Gasteiger charge is -2.19. The molecule has 9 aromatic carbocycles. The van der Waals surface area contributed by atoms with Crippen LogP contribution < -0.4 is 0 Å². The minimum atomic E-state index is 0.573. The second kappa shape index (κ2) is 16.3. The van der Waals surface area contributed by atoms with Gasteiger partial charge in [-0.15, -0.1) is 0 Å². The van der Waals surface area contributed by atoms with Gasteiger partial charge in [0.25, 0.3) is 0 Å². The van der Waals surface area contributed by atoms with Crippen molar-refractivity contribution >= 4 is 43.6 Å². The summed E-state index contributed by atoms with van der Waals surface area (Å²) in [4.78, 5) is 4.43. The van der Waals surface area contributed by atoms with Crippen molar-refractivity contribution in [2.75, 3.05) is 0 Å². The first-order chi connectivity index (χ1) is 33.3. The molecular weight excluding hydrogens is 825 g/mol. The Bertz CT molecular complexity index is 3760. The zero-order valence-corrected chi connectivity index (χ0v) is 38.4. The van der Waals surface area contributed by atoms with E-state index in [-0.39, 0.29) is 0 Å². The van der Waals surface area contributed by atoms with Crippen molar-refractivity contribution in [1.29, 1.82) is 5.26 Å². The van der Waals surface area contributed by atoms with Gasteiger partial charge in [-0.3, -0.25) is 4.98 Å². The van der Waals surface area contributed by atoms with Gasteiger partial charge in [-0.1, -0.05) is 168 Å². The van der Waals surface area contributed by atoms with Gasteiger partial charge in [-0.05, 0) is 132 Å². The molecule has 0 amide bonds. The number of nitrogens with zero attached hydrogens (tertiary/aromatic N) is 4. The number of hydrogen-bond donors (Lipinski definition) is 0. The molecule has 0 aliphatic carbocycles. The van der Waals surface area contributed by atoms with Crippen LogP contribution >= 0.6 is 0 Å². The highest BCUT2D eigenvalue weighted by Crippen LogP contribution is 2.43. The van der Waals surface area contributed by atoms with Crippen molar-refractivity contribution < 1.29 is 0 Å². The van der Waals surface area contributed by atoms with Crippen LogP contribution in [0.4, 0.5) is 0 Å². The monoisotopic (exact) mass is 870 g/mol. The van der Waals surface area contributed by atoms with Crippen LogP contribution in [0.5, 0.6) is 0 Å². The Morgan fingerprint density at radius 2 is 0.662 bits per heavy atom. The van der Waals surface area contributed by atoms with Crippen molar-refractivity contribution in [3.05, 3.63) is 234 Å². The van der Waals surface area contributed by atoms with E-state index in [0.717, 1.165) is 111 Å². The quantitative estimate of drug-likeness (QED) is 0.160. The van der Waals surface area contributed by atoms with E-state index in [1.165, 1.54) is 22.3 Å². The van der Waals surface area contributed by atoms with E-state index >= 15 is 0 Å². The van der Waals surface area contributed by atoms with Gasteiger partial charge >= 0.3 is 0 Å². The van der Waals surface area contributed by atoms with E-state index < -0.39 is 0 Å². The number of aryl methyl sites for hydroxylation is 4. The number of rotatable bonds is 7. The Labute approximate surface area is 396 Å². The Kier molecular flexibility index (Phi) is 9.74. The highest BCUT2D eigenvalue weighted by molar-refractivity contribution is 6.13. The minimum Gasteiger partial charge on any atom is -0.308 e. The maximum absolute atomic E-state index is 11.9. The van der Waals surface area contributed by atoms with Crippen LogP contribution in [0.15, 0.2) is 207 Å². The van der Waals surface area contributed by atoms with Crippen molar-refractivity contribution in [1.82, 2.24) is 14.1 Å². The molecule has 0 saturated heterocycles. The summed E-state index contributed by atoms with van der Waals surface area (Å²) >= 11 is 0. The standard InChI is InChI=1S/C64H46N4/c1-40-11-15-44(16-12-40)49-19-23-54-56-25-21-51(47-9-5-7-42(3)31-47)35-61(56)67(59(54)33-49)63-37-53(46-27-29-66-30-28-46)38-64(58(63)39-65)68-60-34-50(45-17-13-41(2)14-18-45)20-24-55(60)57-26-22-52(36-62(57)68)48-10-6-8-43(4)32-48/h5-38H,1-4H3. The number of aromatic nitrogens is 3. The average Bonchev–Trinajstić information content (AvgIpc) is 3.87. The van der Waals surface area contributed by atoms with Crippen LogP contribution in [-0.4, -0.2) is 14.1 Å². The van der Waals surface area contributed by atoms with E-state index in [1.807, 2.05) is 12.4 Å². The maximum Gasteiger partial charge on any atom is 0.104 e. The highest BCUT2D eigenvalue weighted by Gasteiger charge is 2.24. The fourth-order valence-corrected chi connectivity index (χ4v) is 10.2. The summed E-state index contributed by atoms with van der Waals surface area (Å²) in [5, 5.41) is 16.4. The second-order valence-electron chi connectivity index (χ2n) is 18.3. The summed E-state index contributed by atoms with van der Waals surface area (Å²) in [6, 6.07) is 73.3. The van der Waals surface area contributed by atoms with Crippen molar-refractivity contribution in [2.24, 2.45) is 0 Å². The van der Waals surface area contributed by atoms with Crippen LogP contribution in [0.25, 0.3) is 111 Å². The predicted octanol–water partition coefficient (Wildman–Crippen LogP) is 16.7. The summed E-state index contributed by atoms with van der Waals surface area (Å²) < 4.78 is 4.69. The van der Waals surface area contributed by atoms with Gasteiger partial charge in [-0.25, -0.2) is 0 Å². The van der Waals surface area contributed by atoms with Gasteiger partial charge < -0.3 is 9.13 Å². The summed E-state index contributed by atoms with van der Waals surface area (Å²) in [5.74, 6) is 0. The molecule has 4 nitrogen and oxygen atoms in total. The van der Waals surface area contributed by atoms with Crippen LogP contribution in [0.3, 0.4) is 0 Å². The average molecular weight is 871 g/mol. The third-order valence-electron chi connectivity index (χ3n) is 13.7. The SMILES string of the molecule is Cc1ccc(-c2ccc3c4ccc(-c5cccc(C)c5)cc4n(-c4cc(-c5ccncc5)cc(-n5c6cc(-c7ccc(C)cc7)ccc6c6ccc(-c7cccc(C)c7)cc65)c4C#N)c3c2)cc1. The molecule has 322 valence electrons. The first-order valence-corrected chi connectivity index (χ1v) is 23.2. The third kappa shape index (κ3) is 6.96. The summed E-state index contributed by atoms with van der Waals surface area (Å²) in [6.45, 7) is 8.52. The van der Waals surface area contributed by atoms with Crippen LogP contribution in [-0.2, 0) is 0 Å². The number of hydrogen-bond acceptors (Lipinski definition) is 2. The molecule has 3 heterocycles. The predicted molar refractivity (Wildman–Crippen MR) is 284 cm³/mol. The molecule has 0 atom stereocenters. The van der Waals surface area contributed by atoms with Crippen molar-refractivity contribution in [2.45, 2.75) is 27.7 Å². The molecule has 4 heteroatoms. The molecule has 0 bridgehead atoms. The smallest absolute Gasteiger partial charge is 0.104 e. The van der Waals surface area contributed by atoms with Gasteiger partial charge in [0.15, 0.2) is 0 Å². The van der Waals surface area contributed by atoms with E-state index in [1.54, 1.807) is 0 Å². The summed E-state index contributed by atoms with van der Waals surface area (Å²) in [5.41, 5.74) is 22.1. The molecule has 3 aromatic heterocycles. The number of pyridine rings is 1. The largest absolute Gasteiger partial charge is 0.308 e. The Morgan fingerprint density at radius 1 is 0.324 bits per heavy atom. The molecule has 12 rings (SSSR count). The number of nitriles is 1. The van der Waals surface area contributed by atoms with Crippen LogP contribution in [0.2, 0.25) is 0 Å². The number of benzene rings is 9. The van der Waals surface area contributed by atoms with Gasteiger partial charge in [0.2, 0.25) is 0 Å². The first-order valence-electron chi connectivity index (χ1n) is 23.2. The van der Waals surface area contributed by atoms with E-state index in [9.17, 15) is 5.26 Å². The molecule has 0 spiro atoms. The fraction of sp³-hybridized carbons (Fsp3) is 0.0625. The normalized spacial score (nSPS) is 11.5. The molecule has 0 unspecified atom stereocenters.